The fourth-order valence-corrected chi connectivity index (χ4v) is 6.53. The van der Waals surface area contributed by atoms with E-state index in [-0.39, 0.29) is 0 Å². The van der Waals surface area contributed by atoms with Gasteiger partial charge in [-0.15, -0.1) is 0 Å². The van der Waals surface area contributed by atoms with Crippen LogP contribution in [0.15, 0.2) is 42.7 Å². The van der Waals surface area contributed by atoms with Crippen molar-refractivity contribution in [3.05, 3.63) is 53.4 Å². The zero-order chi connectivity index (χ0) is 23.1. The van der Waals surface area contributed by atoms with E-state index in [9.17, 15) is 4.79 Å². The fraction of sp³-hybridized carbons (Fsp3) is 0.519. The van der Waals surface area contributed by atoms with Crippen LogP contribution in [0.4, 0.5) is 0 Å². The van der Waals surface area contributed by atoms with Gasteiger partial charge in [0.25, 0.3) is 0 Å². The molecule has 0 radical (unpaired) electrons. The van der Waals surface area contributed by atoms with Crippen molar-refractivity contribution in [2.75, 3.05) is 13.1 Å². The SMILES string of the molecule is O=C(CC1CCCCC1)N1C2CCC1CN(Cc1c(-c3ccc(Cl)cc3)nc3ncccn13)C2. The molecule has 3 aromatic rings. The van der Waals surface area contributed by atoms with Crippen LogP contribution in [-0.2, 0) is 11.3 Å². The van der Waals surface area contributed by atoms with Crippen molar-refractivity contribution in [3.8, 4) is 11.3 Å². The number of carbonyl (C=O) groups excluding carboxylic acids is 1. The number of halogens is 1. The number of nitrogens with zero attached hydrogens (tertiary/aromatic N) is 5. The number of hydrogen-bond donors (Lipinski definition) is 0. The molecule has 2 unspecified atom stereocenters. The number of fused-ring (bicyclic) bond motifs is 3. The Morgan fingerprint density at radius 3 is 2.47 bits per heavy atom. The van der Waals surface area contributed by atoms with Gasteiger partial charge in [-0.05, 0) is 49.8 Å². The van der Waals surface area contributed by atoms with Gasteiger partial charge < -0.3 is 4.90 Å². The van der Waals surface area contributed by atoms with Crippen LogP contribution in [0.25, 0.3) is 17.0 Å². The van der Waals surface area contributed by atoms with Crippen LogP contribution in [0.2, 0.25) is 5.02 Å². The van der Waals surface area contributed by atoms with Crippen LogP contribution in [0.1, 0.15) is 57.1 Å². The van der Waals surface area contributed by atoms with Crippen molar-refractivity contribution in [2.24, 2.45) is 5.92 Å². The van der Waals surface area contributed by atoms with E-state index in [1.54, 1.807) is 6.20 Å². The third-order valence-corrected chi connectivity index (χ3v) is 8.28. The van der Waals surface area contributed by atoms with Gasteiger partial charge in [-0.25, -0.2) is 9.97 Å². The van der Waals surface area contributed by atoms with Gasteiger partial charge in [0, 0.05) is 61.1 Å². The van der Waals surface area contributed by atoms with Gasteiger partial charge in [-0.2, -0.15) is 0 Å². The predicted octanol–water partition coefficient (Wildman–Crippen LogP) is 5.20. The number of piperazine rings is 1. The van der Waals surface area contributed by atoms with Gasteiger partial charge in [0.1, 0.15) is 0 Å². The monoisotopic (exact) mass is 477 g/mol. The van der Waals surface area contributed by atoms with E-state index in [4.69, 9.17) is 16.6 Å². The Morgan fingerprint density at radius 1 is 1.00 bits per heavy atom. The Labute approximate surface area is 205 Å². The lowest BCUT2D eigenvalue weighted by atomic mass is 9.86. The zero-order valence-electron chi connectivity index (χ0n) is 19.6. The van der Waals surface area contributed by atoms with E-state index >= 15 is 0 Å². The summed E-state index contributed by atoms with van der Waals surface area (Å²) >= 11 is 6.13. The summed E-state index contributed by atoms with van der Waals surface area (Å²) in [6.07, 6.45) is 13.2. The van der Waals surface area contributed by atoms with Crippen molar-refractivity contribution >= 4 is 23.3 Å². The highest BCUT2D eigenvalue weighted by molar-refractivity contribution is 6.30. The molecule has 2 aliphatic heterocycles. The summed E-state index contributed by atoms with van der Waals surface area (Å²) in [7, 11) is 0. The molecule has 1 saturated carbocycles. The van der Waals surface area contributed by atoms with Crippen molar-refractivity contribution < 1.29 is 4.79 Å². The van der Waals surface area contributed by atoms with E-state index in [0.29, 0.717) is 29.7 Å². The van der Waals surface area contributed by atoms with Crippen molar-refractivity contribution in [3.63, 3.8) is 0 Å². The molecular formula is C27H32ClN5O. The van der Waals surface area contributed by atoms with Crippen molar-refractivity contribution in [2.45, 2.75) is 70.0 Å². The second kappa shape index (κ2) is 9.31. The molecule has 6 rings (SSSR count). The summed E-state index contributed by atoms with van der Waals surface area (Å²) in [4.78, 5) is 27.4. The topological polar surface area (TPSA) is 53.7 Å². The number of rotatable bonds is 5. The van der Waals surface area contributed by atoms with Crippen LogP contribution < -0.4 is 0 Å². The maximum atomic E-state index is 13.3. The molecule has 2 bridgehead atoms. The number of amides is 1. The lowest BCUT2D eigenvalue weighted by Gasteiger charge is -2.41. The first kappa shape index (κ1) is 22.1. The molecule has 0 N–H and O–H groups in total. The zero-order valence-corrected chi connectivity index (χ0v) is 20.3. The second-order valence-corrected chi connectivity index (χ2v) is 10.7. The summed E-state index contributed by atoms with van der Waals surface area (Å²) in [5.41, 5.74) is 3.15. The van der Waals surface area contributed by atoms with Crippen LogP contribution in [0.5, 0.6) is 0 Å². The van der Waals surface area contributed by atoms with Crippen LogP contribution in [0.3, 0.4) is 0 Å². The molecule has 4 heterocycles. The summed E-state index contributed by atoms with van der Waals surface area (Å²) in [6.45, 7) is 2.66. The van der Waals surface area contributed by atoms with E-state index in [2.05, 4.69) is 19.2 Å². The first-order valence-corrected chi connectivity index (χ1v) is 13.1. The number of imidazole rings is 1. The van der Waals surface area contributed by atoms with Crippen LogP contribution >= 0.6 is 11.6 Å². The highest BCUT2D eigenvalue weighted by Crippen LogP contribution is 2.35. The molecule has 3 aliphatic rings. The third kappa shape index (κ3) is 4.22. The summed E-state index contributed by atoms with van der Waals surface area (Å²) in [5.74, 6) is 1.72. The molecule has 1 amide bonds. The van der Waals surface area contributed by atoms with Crippen LogP contribution in [0, 0.1) is 5.92 Å². The molecule has 3 fully saturated rings. The van der Waals surface area contributed by atoms with Gasteiger partial charge in [-0.1, -0.05) is 43.0 Å². The minimum atomic E-state index is 0.339. The average Bonchev–Trinajstić information content (AvgIpc) is 3.35. The standard InChI is InChI=1S/C27H32ClN5O/c28-21-9-7-20(8-10-21)26-24(32-14-4-13-29-27(32)30-26)18-31-16-22-11-12-23(17-31)33(22)25(34)15-19-5-2-1-3-6-19/h4,7-10,13-14,19,22-23H,1-3,5-6,11-12,15-18H2. The smallest absolute Gasteiger partial charge is 0.234 e. The first-order chi connectivity index (χ1) is 16.7. The van der Waals surface area contributed by atoms with Gasteiger partial charge in [0.05, 0.1) is 11.4 Å². The Bertz CT molecular complexity index is 1160. The van der Waals surface area contributed by atoms with E-state index in [1.807, 2.05) is 36.5 Å². The third-order valence-electron chi connectivity index (χ3n) is 8.03. The minimum Gasteiger partial charge on any atom is -0.334 e. The molecule has 0 spiro atoms. The molecule has 2 saturated heterocycles. The maximum absolute atomic E-state index is 13.3. The van der Waals surface area contributed by atoms with Crippen molar-refractivity contribution in [1.82, 2.24) is 24.2 Å². The Kier molecular flexibility index (Phi) is 6.04. The fourth-order valence-electron chi connectivity index (χ4n) is 6.41. The molecule has 2 aromatic heterocycles. The molecular weight excluding hydrogens is 446 g/mol. The normalized spacial score (nSPS) is 23.6. The Morgan fingerprint density at radius 2 is 1.74 bits per heavy atom. The van der Waals surface area contributed by atoms with E-state index in [0.717, 1.165) is 60.9 Å². The maximum Gasteiger partial charge on any atom is 0.234 e. The lowest BCUT2D eigenvalue weighted by molar-refractivity contribution is -0.138. The molecule has 178 valence electrons. The first-order valence-electron chi connectivity index (χ1n) is 12.8. The van der Waals surface area contributed by atoms with E-state index < -0.39 is 0 Å². The highest BCUT2D eigenvalue weighted by atomic mass is 35.5. The second-order valence-electron chi connectivity index (χ2n) is 10.3. The van der Waals surface area contributed by atoms with Gasteiger partial charge in [0.15, 0.2) is 0 Å². The molecule has 1 aromatic carbocycles. The molecule has 6 nitrogen and oxygen atoms in total. The quantitative estimate of drug-likeness (QED) is 0.507. The largest absolute Gasteiger partial charge is 0.334 e. The van der Waals surface area contributed by atoms with E-state index in [1.165, 1.54) is 32.1 Å². The van der Waals surface area contributed by atoms with Crippen molar-refractivity contribution in [1.29, 1.82) is 0 Å². The van der Waals surface area contributed by atoms with Gasteiger partial charge in [0.2, 0.25) is 11.7 Å². The lowest BCUT2D eigenvalue weighted by Crippen LogP contribution is -2.55. The minimum absolute atomic E-state index is 0.339. The van der Waals surface area contributed by atoms with Crippen LogP contribution in [-0.4, -0.2) is 55.2 Å². The number of aromatic nitrogens is 3. The van der Waals surface area contributed by atoms with Gasteiger partial charge in [-0.3, -0.25) is 14.1 Å². The summed E-state index contributed by atoms with van der Waals surface area (Å²) in [6, 6.07) is 10.5. The highest BCUT2D eigenvalue weighted by Gasteiger charge is 2.43. The number of carbonyl (C=O) groups is 1. The predicted molar refractivity (Wildman–Crippen MR) is 134 cm³/mol. The number of hydrogen-bond acceptors (Lipinski definition) is 4. The Hall–Kier alpha value is -2.44. The Balaban J connectivity index is 1.21. The molecule has 7 heteroatoms. The average molecular weight is 478 g/mol. The molecule has 2 atom stereocenters. The summed E-state index contributed by atoms with van der Waals surface area (Å²) in [5, 5.41) is 0.720. The summed E-state index contributed by atoms with van der Waals surface area (Å²) < 4.78 is 2.10. The molecule has 34 heavy (non-hydrogen) atoms. The molecule has 1 aliphatic carbocycles. The number of benzene rings is 1. The van der Waals surface area contributed by atoms with Gasteiger partial charge >= 0.3 is 0 Å². The number of likely N-dealkylation sites (tertiary alicyclic amines) is 1.